The van der Waals surface area contributed by atoms with Crippen LogP contribution in [0.1, 0.15) is 15.4 Å². The predicted octanol–water partition coefficient (Wildman–Crippen LogP) is 2.83. The van der Waals surface area contributed by atoms with E-state index in [1.807, 2.05) is 18.3 Å². The second-order valence-electron chi connectivity index (χ2n) is 5.89. The first-order chi connectivity index (χ1) is 12.7. The molecule has 0 saturated heterocycles. The van der Waals surface area contributed by atoms with Crippen molar-refractivity contribution in [2.75, 3.05) is 33.4 Å². The molecule has 0 aliphatic carbocycles. The van der Waals surface area contributed by atoms with Gasteiger partial charge in [0.25, 0.3) is 0 Å². The number of nitrogens with zero attached hydrogens (tertiary/aromatic N) is 2. The highest BCUT2D eigenvalue weighted by molar-refractivity contribution is 7.11. The molecule has 0 radical (unpaired) electrons. The van der Waals surface area contributed by atoms with Gasteiger partial charge in [0.15, 0.2) is 17.5 Å². The summed E-state index contributed by atoms with van der Waals surface area (Å²) in [6.07, 6.45) is 3.60. The number of halogens is 1. The van der Waals surface area contributed by atoms with Gasteiger partial charge in [-0.15, -0.1) is 11.3 Å². The van der Waals surface area contributed by atoms with Crippen molar-refractivity contribution >= 4 is 28.9 Å². The fraction of sp³-hybridized carbons (Fsp3) is 0.444. The van der Waals surface area contributed by atoms with E-state index in [-0.39, 0.29) is 0 Å². The molecule has 140 valence electrons. The van der Waals surface area contributed by atoms with Gasteiger partial charge in [0, 0.05) is 37.6 Å². The number of thiazole rings is 1. The molecule has 2 aromatic rings. The Balaban J connectivity index is 1.45. The third kappa shape index (κ3) is 5.02. The molecule has 2 N–H and O–H groups in total. The number of ether oxygens (including phenoxy) is 2. The topological polar surface area (TPSA) is 67.8 Å². The highest BCUT2D eigenvalue weighted by atomic mass is 35.5. The van der Waals surface area contributed by atoms with E-state index in [0.717, 1.165) is 48.2 Å². The predicted molar refractivity (Wildman–Crippen MR) is 106 cm³/mol. The molecule has 0 bridgehead atoms. The molecule has 0 atom stereocenters. The lowest BCUT2D eigenvalue weighted by molar-refractivity contribution is 0.171. The van der Waals surface area contributed by atoms with Crippen molar-refractivity contribution in [3.05, 3.63) is 38.8 Å². The van der Waals surface area contributed by atoms with Crippen LogP contribution in [0.4, 0.5) is 0 Å². The fourth-order valence-electron chi connectivity index (χ4n) is 2.66. The average Bonchev–Trinajstić information content (AvgIpc) is 3.05. The summed E-state index contributed by atoms with van der Waals surface area (Å²) in [4.78, 5) is 9.85. The SMILES string of the molecule is CN=C(NCCc1cc(Cl)c2c(c1)OCCO2)NCCc1ncc(C)s1. The smallest absolute Gasteiger partial charge is 0.191 e. The van der Waals surface area contributed by atoms with Crippen LogP contribution in [0.25, 0.3) is 0 Å². The Hall–Kier alpha value is -1.99. The Morgan fingerprint density at radius 2 is 2.00 bits per heavy atom. The van der Waals surface area contributed by atoms with Crippen LogP contribution in [-0.2, 0) is 12.8 Å². The van der Waals surface area contributed by atoms with Crippen molar-refractivity contribution in [2.24, 2.45) is 4.99 Å². The first-order valence-electron chi connectivity index (χ1n) is 8.59. The third-order valence-electron chi connectivity index (χ3n) is 3.89. The number of guanidine groups is 1. The average molecular weight is 395 g/mol. The molecule has 1 aromatic carbocycles. The molecule has 1 aromatic heterocycles. The Bertz CT molecular complexity index is 779. The first kappa shape index (κ1) is 18.8. The van der Waals surface area contributed by atoms with Crippen LogP contribution >= 0.6 is 22.9 Å². The number of nitrogens with one attached hydrogen (secondary N) is 2. The van der Waals surface area contributed by atoms with Gasteiger partial charge in [-0.1, -0.05) is 11.6 Å². The Kier molecular flexibility index (Phi) is 6.57. The van der Waals surface area contributed by atoms with Gasteiger partial charge in [0.05, 0.1) is 10.0 Å². The summed E-state index contributed by atoms with van der Waals surface area (Å²) in [5.41, 5.74) is 1.10. The molecule has 0 spiro atoms. The summed E-state index contributed by atoms with van der Waals surface area (Å²) in [5.74, 6) is 2.14. The zero-order valence-corrected chi connectivity index (χ0v) is 16.5. The normalized spacial score (nSPS) is 13.6. The number of hydrogen-bond acceptors (Lipinski definition) is 5. The van der Waals surface area contributed by atoms with Crippen LogP contribution in [0.2, 0.25) is 5.02 Å². The summed E-state index contributed by atoms with van der Waals surface area (Å²) >= 11 is 8.01. The van der Waals surface area contributed by atoms with E-state index in [2.05, 4.69) is 27.5 Å². The second-order valence-corrected chi connectivity index (χ2v) is 7.62. The van der Waals surface area contributed by atoms with Gasteiger partial charge in [0.1, 0.15) is 13.2 Å². The van der Waals surface area contributed by atoms with Crippen molar-refractivity contribution in [1.82, 2.24) is 15.6 Å². The maximum Gasteiger partial charge on any atom is 0.191 e. The van der Waals surface area contributed by atoms with Gasteiger partial charge < -0.3 is 20.1 Å². The van der Waals surface area contributed by atoms with Crippen molar-refractivity contribution in [1.29, 1.82) is 0 Å². The lowest BCUT2D eigenvalue weighted by Gasteiger charge is -2.20. The number of aryl methyl sites for hydroxylation is 1. The zero-order chi connectivity index (χ0) is 18.4. The van der Waals surface area contributed by atoms with Crippen molar-refractivity contribution in [2.45, 2.75) is 19.8 Å². The van der Waals surface area contributed by atoms with Crippen molar-refractivity contribution in [3.8, 4) is 11.5 Å². The standard InChI is InChI=1S/C18H23ClN4O2S/c1-12-11-23-16(26-12)4-6-22-18(20-2)21-5-3-13-9-14(19)17-15(10-13)24-7-8-25-17/h9-11H,3-8H2,1-2H3,(H2,20,21,22). The Labute approximate surface area is 162 Å². The number of hydrogen-bond donors (Lipinski definition) is 2. The minimum Gasteiger partial charge on any atom is -0.486 e. The molecule has 1 aliphatic rings. The number of aromatic nitrogens is 1. The van der Waals surface area contributed by atoms with Gasteiger partial charge in [-0.3, -0.25) is 4.99 Å². The van der Waals surface area contributed by atoms with E-state index in [9.17, 15) is 0 Å². The third-order valence-corrected chi connectivity index (χ3v) is 5.14. The number of rotatable bonds is 6. The lowest BCUT2D eigenvalue weighted by atomic mass is 10.1. The summed E-state index contributed by atoms with van der Waals surface area (Å²) in [6.45, 7) is 4.70. The molecule has 1 aliphatic heterocycles. The first-order valence-corrected chi connectivity index (χ1v) is 9.79. The Morgan fingerprint density at radius 3 is 2.73 bits per heavy atom. The molecule has 0 unspecified atom stereocenters. The maximum absolute atomic E-state index is 6.28. The van der Waals surface area contributed by atoms with Gasteiger partial charge >= 0.3 is 0 Å². The molecule has 3 rings (SSSR count). The van der Waals surface area contributed by atoms with Crippen LogP contribution in [0.5, 0.6) is 11.5 Å². The van der Waals surface area contributed by atoms with Gasteiger partial charge in [-0.2, -0.15) is 0 Å². The quantitative estimate of drug-likeness (QED) is 0.582. The van der Waals surface area contributed by atoms with Crippen LogP contribution < -0.4 is 20.1 Å². The summed E-state index contributed by atoms with van der Waals surface area (Å²) in [7, 11) is 1.77. The van der Waals surface area contributed by atoms with Crippen molar-refractivity contribution in [3.63, 3.8) is 0 Å². The summed E-state index contributed by atoms with van der Waals surface area (Å²) < 4.78 is 11.2. The molecule has 2 heterocycles. The molecule has 6 nitrogen and oxygen atoms in total. The molecule has 0 fully saturated rings. The van der Waals surface area contributed by atoms with E-state index in [0.29, 0.717) is 24.0 Å². The van der Waals surface area contributed by atoms with E-state index >= 15 is 0 Å². The number of aliphatic imine (C=N–C) groups is 1. The maximum atomic E-state index is 6.28. The van der Waals surface area contributed by atoms with E-state index in [4.69, 9.17) is 21.1 Å². The number of fused-ring (bicyclic) bond motifs is 1. The second kappa shape index (κ2) is 9.09. The Morgan fingerprint density at radius 1 is 1.23 bits per heavy atom. The largest absolute Gasteiger partial charge is 0.486 e. The monoisotopic (exact) mass is 394 g/mol. The van der Waals surface area contributed by atoms with Crippen LogP contribution in [0.3, 0.4) is 0 Å². The molecule has 0 saturated carbocycles. The van der Waals surface area contributed by atoms with E-state index < -0.39 is 0 Å². The van der Waals surface area contributed by atoms with Gasteiger partial charge in [-0.05, 0) is 31.0 Å². The van der Waals surface area contributed by atoms with E-state index in [1.54, 1.807) is 18.4 Å². The molecule has 8 heteroatoms. The van der Waals surface area contributed by atoms with Crippen molar-refractivity contribution < 1.29 is 9.47 Å². The summed E-state index contributed by atoms with van der Waals surface area (Å²) in [5, 5.41) is 8.36. The molecular formula is C18H23ClN4O2S. The minimum atomic E-state index is 0.538. The highest BCUT2D eigenvalue weighted by Crippen LogP contribution is 2.38. The number of benzene rings is 1. The van der Waals surface area contributed by atoms with Crippen LogP contribution in [0, 0.1) is 6.92 Å². The highest BCUT2D eigenvalue weighted by Gasteiger charge is 2.16. The fourth-order valence-corrected chi connectivity index (χ4v) is 3.73. The summed E-state index contributed by atoms with van der Waals surface area (Å²) in [6, 6.07) is 3.92. The van der Waals surface area contributed by atoms with Gasteiger partial charge in [-0.25, -0.2) is 4.98 Å². The van der Waals surface area contributed by atoms with E-state index in [1.165, 1.54) is 4.88 Å². The van der Waals surface area contributed by atoms with Gasteiger partial charge in [0.2, 0.25) is 0 Å². The van der Waals surface area contributed by atoms with Crippen LogP contribution in [-0.4, -0.2) is 44.3 Å². The molecular weight excluding hydrogens is 372 g/mol. The zero-order valence-electron chi connectivity index (χ0n) is 15.0. The molecule has 0 amide bonds. The minimum absolute atomic E-state index is 0.538. The van der Waals surface area contributed by atoms with Crippen LogP contribution in [0.15, 0.2) is 23.3 Å². The lowest BCUT2D eigenvalue weighted by Crippen LogP contribution is -2.39. The molecule has 26 heavy (non-hydrogen) atoms.